The van der Waals surface area contributed by atoms with Gasteiger partial charge in [0.25, 0.3) is 5.91 Å². The third-order valence-corrected chi connectivity index (χ3v) is 8.32. The number of hydrogen-bond donors (Lipinski definition) is 4. The number of allylic oxidation sites excluding steroid dienone is 2. The number of methoxy groups -OCH3 is 1. The first-order valence-electron chi connectivity index (χ1n) is 12.5. The molecule has 11 heteroatoms. The summed E-state index contributed by atoms with van der Waals surface area (Å²) in [6, 6.07) is 23.6. The molecule has 2 amide bonds. The van der Waals surface area contributed by atoms with Crippen molar-refractivity contribution in [1.29, 1.82) is 5.26 Å². The van der Waals surface area contributed by atoms with Crippen LogP contribution in [-0.4, -0.2) is 34.8 Å². The first-order chi connectivity index (χ1) is 19.9. The molecule has 206 valence electrons. The van der Waals surface area contributed by atoms with E-state index in [1.165, 1.54) is 24.5 Å². The minimum atomic E-state index is -0.783. The number of ether oxygens (including phenoxy) is 1. The molecule has 1 unspecified atom stereocenters. The quantitative estimate of drug-likeness (QED) is 0.207. The fourth-order valence-electron chi connectivity index (χ4n) is 4.47. The predicted octanol–water partition coefficient (Wildman–Crippen LogP) is 5.72. The number of amides is 2. The minimum absolute atomic E-state index is 0.00782. The molecule has 0 saturated heterocycles. The Kier molecular flexibility index (Phi) is 8.24. The zero-order valence-corrected chi connectivity index (χ0v) is 23.7. The van der Waals surface area contributed by atoms with E-state index in [1.54, 1.807) is 31.2 Å². The maximum absolute atomic E-state index is 13.6. The summed E-state index contributed by atoms with van der Waals surface area (Å²) in [4.78, 5) is 30.9. The number of fused-ring (bicyclic) bond motifs is 1. The Morgan fingerprint density at radius 1 is 1.12 bits per heavy atom. The molecule has 0 saturated carbocycles. The van der Waals surface area contributed by atoms with Crippen LogP contribution in [0.5, 0.6) is 11.5 Å². The standard InChI is InChI=1S/C30H25N5O4S2/c1-17-26(28(38)33-19-8-4-3-5-9-19)27(18-12-13-22(36)23(14-18)39-2)20(15-31)29(32-17)40-16-25(37)35-30-34-21-10-6-7-11-24(21)41-30/h3-14,27,32,36H,16H2,1-2H3,(H,33,38)(H,34,35,37). The number of aromatic nitrogens is 1. The van der Waals surface area contributed by atoms with Gasteiger partial charge in [-0.3, -0.25) is 9.59 Å². The number of carbonyl (C=O) groups is 2. The normalized spacial score (nSPS) is 14.8. The summed E-state index contributed by atoms with van der Waals surface area (Å²) >= 11 is 2.54. The molecule has 4 aromatic rings. The smallest absolute Gasteiger partial charge is 0.254 e. The maximum atomic E-state index is 13.6. The molecule has 1 aromatic heterocycles. The Morgan fingerprint density at radius 2 is 1.88 bits per heavy atom. The summed E-state index contributed by atoms with van der Waals surface area (Å²) in [7, 11) is 1.43. The Labute approximate surface area is 244 Å². The van der Waals surface area contributed by atoms with Crippen molar-refractivity contribution in [2.75, 3.05) is 23.5 Å². The van der Waals surface area contributed by atoms with Crippen LogP contribution in [0.3, 0.4) is 0 Å². The number of aromatic hydroxyl groups is 1. The second-order valence-electron chi connectivity index (χ2n) is 9.03. The summed E-state index contributed by atoms with van der Waals surface area (Å²) < 4.78 is 6.27. The number of phenolic OH excluding ortho intramolecular Hbond substituents is 1. The SMILES string of the molecule is COc1cc(C2C(C#N)=C(SCC(=O)Nc3nc4ccccc4s3)NC(C)=C2C(=O)Nc2ccccc2)ccc1O. The number of thioether (sulfide) groups is 1. The second-order valence-corrected chi connectivity index (χ2v) is 11.0. The summed E-state index contributed by atoms with van der Waals surface area (Å²) in [5.41, 5.74) is 3.11. The number of hydrogen-bond acceptors (Lipinski definition) is 9. The summed E-state index contributed by atoms with van der Waals surface area (Å²) in [6.07, 6.45) is 0. The lowest BCUT2D eigenvalue weighted by molar-refractivity contribution is -0.114. The van der Waals surface area contributed by atoms with Crippen LogP contribution in [0.4, 0.5) is 10.8 Å². The van der Waals surface area contributed by atoms with Crippen molar-refractivity contribution in [2.45, 2.75) is 12.8 Å². The molecule has 0 fully saturated rings. The number of anilines is 2. The van der Waals surface area contributed by atoms with Gasteiger partial charge in [-0.15, -0.1) is 0 Å². The molecule has 1 aliphatic heterocycles. The average Bonchev–Trinajstić information content (AvgIpc) is 3.38. The highest BCUT2D eigenvalue weighted by Crippen LogP contribution is 2.43. The van der Waals surface area contributed by atoms with Crippen molar-refractivity contribution in [3.8, 4) is 17.6 Å². The maximum Gasteiger partial charge on any atom is 0.254 e. The number of rotatable bonds is 8. The summed E-state index contributed by atoms with van der Waals surface area (Å²) in [5.74, 6) is -1.29. The van der Waals surface area contributed by atoms with E-state index < -0.39 is 5.92 Å². The van der Waals surface area contributed by atoms with E-state index in [1.807, 2.05) is 42.5 Å². The number of nitrogens with zero attached hydrogens (tertiary/aromatic N) is 2. The van der Waals surface area contributed by atoms with Crippen LogP contribution >= 0.6 is 23.1 Å². The van der Waals surface area contributed by atoms with E-state index >= 15 is 0 Å². The Morgan fingerprint density at radius 3 is 2.61 bits per heavy atom. The molecule has 9 nitrogen and oxygen atoms in total. The van der Waals surface area contributed by atoms with E-state index in [0.717, 1.165) is 22.0 Å². The fraction of sp³-hybridized carbons (Fsp3) is 0.133. The van der Waals surface area contributed by atoms with Crippen LogP contribution < -0.4 is 20.7 Å². The van der Waals surface area contributed by atoms with Gasteiger partial charge >= 0.3 is 0 Å². The first-order valence-corrected chi connectivity index (χ1v) is 14.3. The molecule has 1 atom stereocenters. The zero-order valence-electron chi connectivity index (χ0n) is 22.1. The Bertz CT molecular complexity index is 1710. The van der Waals surface area contributed by atoms with Crippen LogP contribution in [0.25, 0.3) is 10.2 Å². The molecule has 0 aliphatic carbocycles. The van der Waals surface area contributed by atoms with Crippen LogP contribution in [-0.2, 0) is 9.59 Å². The number of thiazole rings is 1. The van der Waals surface area contributed by atoms with Gasteiger partial charge in [-0.05, 0) is 48.9 Å². The second kappa shape index (κ2) is 12.2. The van der Waals surface area contributed by atoms with Gasteiger partial charge in [0.2, 0.25) is 5.91 Å². The van der Waals surface area contributed by atoms with Crippen LogP contribution in [0, 0.1) is 11.3 Å². The molecule has 2 heterocycles. The van der Waals surface area contributed by atoms with E-state index in [9.17, 15) is 20.0 Å². The number of para-hydroxylation sites is 2. The third kappa shape index (κ3) is 6.04. The van der Waals surface area contributed by atoms with E-state index in [0.29, 0.717) is 32.7 Å². The van der Waals surface area contributed by atoms with Crippen molar-refractivity contribution >= 4 is 55.9 Å². The molecule has 0 bridgehead atoms. The molecule has 1 aliphatic rings. The highest BCUT2D eigenvalue weighted by atomic mass is 32.2. The molecule has 41 heavy (non-hydrogen) atoms. The van der Waals surface area contributed by atoms with Gasteiger partial charge in [0, 0.05) is 17.0 Å². The van der Waals surface area contributed by atoms with Crippen LogP contribution in [0.15, 0.2) is 94.7 Å². The Hall–Kier alpha value is -4.79. The van der Waals surface area contributed by atoms with Gasteiger partial charge in [0.15, 0.2) is 16.6 Å². The lowest BCUT2D eigenvalue weighted by atomic mass is 9.82. The molecule has 4 N–H and O–H groups in total. The molecule has 0 radical (unpaired) electrons. The molecular formula is C30H25N5O4S2. The lowest BCUT2D eigenvalue weighted by Crippen LogP contribution is -2.31. The Balaban J connectivity index is 1.44. The van der Waals surface area contributed by atoms with E-state index in [2.05, 4.69) is 27.0 Å². The van der Waals surface area contributed by atoms with E-state index in [4.69, 9.17) is 4.74 Å². The van der Waals surface area contributed by atoms with Crippen molar-refractivity contribution in [3.05, 3.63) is 100 Å². The van der Waals surface area contributed by atoms with Gasteiger partial charge < -0.3 is 25.8 Å². The molecule has 3 aromatic carbocycles. The average molecular weight is 584 g/mol. The van der Waals surface area contributed by atoms with Crippen molar-refractivity contribution < 1.29 is 19.4 Å². The fourth-order valence-corrected chi connectivity index (χ4v) is 6.25. The number of phenols is 1. The topological polar surface area (TPSA) is 136 Å². The van der Waals surface area contributed by atoms with Gasteiger partial charge in [-0.1, -0.05) is 59.5 Å². The van der Waals surface area contributed by atoms with Gasteiger partial charge in [0.1, 0.15) is 0 Å². The van der Waals surface area contributed by atoms with Gasteiger partial charge in [0.05, 0.1) is 45.7 Å². The molecular weight excluding hydrogens is 558 g/mol. The predicted molar refractivity (Wildman–Crippen MR) is 162 cm³/mol. The first kappa shape index (κ1) is 27.8. The van der Waals surface area contributed by atoms with Crippen LogP contribution in [0.2, 0.25) is 0 Å². The summed E-state index contributed by atoms with van der Waals surface area (Å²) in [5, 5.41) is 30.4. The minimum Gasteiger partial charge on any atom is -0.504 e. The monoisotopic (exact) mass is 583 g/mol. The van der Waals surface area contributed by atoms with E-state index in [-0.39, 0.29) is 34.6 Å². The van der Waals surface area contributed by atoms with Gasteiger partial charge in [-0.25, -0.2) is 4.98 Å². The molecule has 5 rings (SSSR count). The highest BCUT2D eigenvalue weighted by molar-refractivity contribution is 8.03. The number of carbonyl (C=O) groups excluding carboxylic acids is 2. The van der Waals surface area contributed by atoms with Crippen molar-refractivity contribution in [1.82, 2.24) is 10.3 Å². The number of benzene rings is 3. The highest BCUT2D eigenvalue weighted by Gasteiger charge is 2.35. The number of nitriles is 1. The largest absolute Gasteiger partial charge is 0.504 e. The zero-order chi connectivity index (χ0) is 28.9. The van der Waals surface area contributed by atoms with Crippen molar-refractivity contribution in [3.63, 3.8) is 0 Å². The van der Waals surface area contributed by atoms with Crippen molar-refractivity contribution in [2.24, 2.45) is 0 Å². The number of dihydropyridines is 1. The van der Waals surface area contributed by atoms with Gasteiger partial charge in [-0.2, -0.15) is 5.26 Å². The lowest BCUT2D eigenvalue weighted by Gasteiger charge is -2.30. The molecule has 0 spiro atoms. The number of nitrogens with one attached hydrogen (secondary N) is 3. The summed E-state index contributed by atoms with van der Waals surface area (Å²) in [6.45, 7) is 1.75. The van der Waals surface area contributed by atoms with Crippen LogP contribution in [0.1, 0.15) is 18.4 Å². The third-order valence-electron chi connectivity index (χ3n) is 6.35.